The first-order valence-electron chi connectivity index (χ1n) is 6.30. The number of carboxylic acid groups (broad SMARTS) is 1. The number of aromatic nitrogens is 1. The summed E-state index contributed by atoms with van der Waals surface area (Å²) >= 11 is 0. The predicted molar refractivity (Wildman–Crippen MR) is 71.6 cm³/mol. The Morgan fingerprint density at radius 1 is 1.23 bits per heavy atom. The van der Waals surface area contributed by atoms with E-state index >= 15 is 0 Å². The highest BCUT2D eigenvalue weighted by Crippen LogP contribution is 2.31. The Morgan fingerprint density at radius 2 is 1.91 bits per heavy atom. The zero-order valence-electron chi connectivity index (χ0n) is 11.2. The van der Waals surface area contributed by atoms with Crippen LogP contribution in [0.2, 0.25) is 0 Å². The third-order valence-corrected chi connectivity index (χ3v) is 2.98. The van der Waals surface area contributed by atoms with Gasteiger partial charge in [-0.1, -0.05) is 6.07 Å². The third-order valence-electron chi connectivity index (χ3n) is 2.98. The second kappa shape index (κ2) is 6.46. The molecule has 0 saturated carbocycles. The maximum atomic E-state index is 12.6. The van der Waals surface area contributed by atoms with E-state index in [0.717, 1.165) is 12.1 Å². The van der Waals surface area contributed by atoms with E-state index in [1.165, 1.54) is 36.7 Å². The Labute approximate surface area is 124 Å². The second-order valence-electron chi connectivity index (χ2n) is 4.51. The van der Waals surface area contributed by atoms with Gasteiger partial charge in [-0.2, -0.15) is 13.2 Å². The standard InChI is InChI=1S/C15H12F3NO3/c16-15(17,18)11-2-1-3-12(8-11)22-9-13(14(20)21)10-4-6-19-7-5-10/h1-8,13H,9H2,(H,20,21). The molecule has 1 heterocycles. The van der Waals surface area contributed by atoms with Crippen LogP contribution in [0, 0.1) is 0 Å². The zero-order valence-corrected chi connectivity index (χ0v) is 11.2. The van der Waals surface area contributed by atoms with Crippen molar-refractivity contribution in [2.75, 3.05) is 6.61 Å². The number of aliphatic carboxylic acids is 1. The number of rotatable bonds is 5. The first kappa shape index (κ1) is 15.8. The van der Waals surface area contributed by atoms with Gasteiger partial charge in [-0.25, -0.2) is 0 Å². The minimum atomic E-state index is -4.48. The van der Waals surface area contributed by atoms with Crippen LogP contribution in [0.1, 0.15) is 17.0 Å². The van der Waals surface area contributed by atoms with Crippen molar-refractivity contribution in [3.05, 3.63) is 59.9 Å². The average Bonchev–Trinajstić information content (AvgIpc) is 2.48. The number of ether oxygens (including phenoxy) is 1. The average molecular weight is 311 g/mol. The summed E-state index contributed by atoms with van der Waals surface area (Å²) < 4.78 is 43.0. The fraction of sp³-hybridized carbons (Fsp3) is 0.200. The Bertz CT molecular complexity index is 644. The van der Waals surface area contributed by atoms with Gasteiger partial charge in [0.05, 0.1) is 5.56 Å². The summed E-state index contributed by atoms with van der Waals surface area (Å²) in [7, 11) is 0. The number of halogens is 3. The molecule has 7 heteroatoms. The molecule has 1 aromatic heterocycles. The van der Waals surface area contributed by atoms with Gasteiger partial charge in [-0.05, 0) is 35.9 Å². The minimum Gasteiger partial charge on any atom is -0.492 e. The monoisotopic (exact) mass is 311 g/mol. The van der Waals surface area contributed by atoms with Gasteiger partial charge < -0.3 is 9.84 Å². The van der Waals surface area contributed by atoms with Crippen molar-refractivity contribution in [2.45, 2.75) is 12.1 Å². The van der Waals surface area contributed by atoms with Crippen molar-refractivity contribution in [2.24, 2.45) is 0 Å². The van der Waals surface area contributed by atoms with Crippen molar-refractivity contribution >= 4 is 5.97 Å². The predicted octanol–water partition coefficient (Wildman–Crippen LogP) is 3.35. The second-order valence-corrected chi connectivity index (χ2v) is 4.51. The summed E-state index contributed by atoms with van der Waals surface area (Å²) in [6.07, 6.45) is -1.60. The number of benzene rings is 1. The van der Waals surface area contributed by atoms with Crippen molar-refractivity contribution in [1.82, 2.24) is 4.98 Å². The lowest BCUT2D eigenvalue weighted by molar-refractivity contribution is -0.140. The molecule has 116 valence electrons. The highest BCUT2D eigenvalue weighted by molar-refractivity contribution is 5.76. The lowest BCUT2D eigenvalue weighted by Crippen LogP contribution is -2.19. The normalized spacial score (nSPS) is 12.7. The van der Waals surface area contributed by atoms with Crippen LogP contribution < -0.4 is 4.74 Å². The van der Waals surface area contributed by atoms with Crippen LogP contribution in [0.4, 0.5) is 13.2 Å². The molecule has 2 aromatic rings. The van der Waals surface area contributed by atoms with Gasteiger partial charge in [0.15, 0.2) is 0 Å². The summed E-state index contributed by atoms with van der Waals surface area (Å²) in [4.78, 5) is 15.1. The number of alkyl halides is 3. The molecule has 0 bridgehead atoms. The van der Waals surface area contributed by atoms with E-state index in [1.54, 1.807) is 0 Å². The van der Waals surface area contributed by atoms with Gasteiger partial charge in [0, 0.05) is 12.4 Å². The van der Waals surface area contributed by atoms with Crippen LogP contribution >= 0.6 is 0 Å². The Kier molecular flexibility index (Phi) is 4.65. The Hall–Kier alpha value is -2.57. The molecule has 0 radical (unpaired) electrons. The number of nitrogens with zero attached hydrogens (tertiary/aromatic N) is 1. The number of carboxylic acids is 1. The summed E-state index contributed by atoms with van der Waals surface area (Å²) in [6.45, 7) is -0.277. The number of hydrogen-bond donors (Lipinski definition) is 1. The van der Waals surface area contributed by atoms with Crippen LogP contribution in [-0.2, 0) is 11.0 Å². The van der Waals surface area contributed by atoms with E-state index in [-0.39, 0.29) is 12.4 Å². The Morgan fingerprint density at radius 3 is 2.50 bits per heavy atom. The van der Waals surface area contributed by atoms with Crippen molar-refractivity contribution in [3.63, 3.8) is 0 Å². The third kappa shape index (κ3) is 3.97. The van der Waals surface area contributed by atoms with Crippen LogP contribution in [0.5, 0.6) is 5.75 Å². The molecule has 1 aromatic carbocycles. The molecule has 1 N–H and O–H groups in total. The van der Waals surface area contributed by atoms with Crippen LogP contribution in [0.25, 0.3) is 0 Å². The molecular formula is C15H12F3NO3. The molecule has 1 atom stereocenters. The van der Waals surface area contributed by atoms with E-state index in [1.807, 2.05) is 0 Å². The number of hydrogen-bond acceptors (Lipinski definition) is 3. The number of carbonyl (C=O) groups is 1. The van der Waals surface area contributed by atoms with Gasteiger partial charge in [-0.15, -0.1) is 0 Å². The van der Waals surface area contributed by atoms with Gasteiger partial charge in [-0.3, -0.25) is 9.78 Å². The number of pyridine rings is 1. The molecular weight excluding hydrogens is 299 g/mol. The van der Waals surface area contributed by atoms with Crippen LogP contribution in [0.3, 0.4) is 0 Å². The van der Waals surface area contributed by atoms with E-state index in [9.17, 15) is 23.1 Å². The summed E-state index contributed by atoms with van der Waals surface area (Å²) in [5, 5.41) is 9.21. The smallest absolute Gasteiger partial charge is 0.416 e. The molecule has 0 fully saturated rings. The first-order valence-corrected chi connectivity index (χ1v) is 6.30. The lowest BCUT2D eigenvalue weighted by atomic mass is 10.0. The van der Waals surface area contributed by atoms with Crippen molar-refractivity contribution in [1.29, 1.82) is 0 Å². The molecule has 0 amide bonds. The highest BCUT2D eigenvalue weighted by Gasteiger charge is 2.30. The van der Waals surface area contributed by atoms with E-state index < -0.39 is 23.6 Å². The molecule has 0 aliphatic rings. The maximum Gasteiger partial charge on any atom is 0.416 e. The first-order chi connectivity index (χ1) is 10.4. The fourth-order valence-electron chi connectivity index (χ4n) is 1.85. The molecule has 2 rings (SSSR count). The fourth-order valence-corrected chi connectivity index (χ4v) is 1.85. The molecule has 0 aliphatic heterocycles. The molecule has 0 saturated heterocycles. The molecule has 1 unspecified atom stereocenters. The van der Waals surface area contributed by atoms with Gasteiger partial charge in [0.1, 0.15) is 18.3 Å². The van der Waals surface area contributed by atoms with Gasteiger partial charge in [0.2, 0.25) is 0 Å². The lowest BCUT2D eigenvalue weighted by Gasteiger charge is -2.15. The SMILES string of the molecule is O=C(O)C(COc1cccc(C(F)(F)F)c1)c1ccncc1. The van der Waals surface area contributed by atoms with Crippen LogP contribution in [0.15, 0.2) is 48.8 Å². The molecule has 0 spiro atoms. The van der Waals surface area contributed by atoms with E-state index in [4.69, 9.17) is 4.74 Å². The zero-order chi connectivity index (χ0) is 16.2. The van der Waals surface area contributed by atoms with Gasteiger partial charge >= 0.3 is 12.1 Å². The quantitative estimate of drug-likeness (QED) is 0.920. The molecule has 0 aliphatic carbocycles. The largest absolute Gasteiger partial charge is 0.492 e. The Balaban J connectivity index is 2.12. The van der Waals surface area contributed by atoms with Gasteiger partial charge in [0.25, 0.3) is 0 Å². The maximum absolute atomic E-state index is 12.6. The van der Waals surface area contributed by atoms with Crippen molar-refractivity contribution in [3.8, 4) is 5.75 Å². The summed E-state index contributed by atoms with van der Waals surface area (Å²) in [6, 6.07) is 7.36. The summed E-state index contributed by atoms with van der Waals surface area (Å²) in [5.41, 5.74) is -0.379. The van der Waals surface area contributed by atoms with E-state index in [0.29, 0.717) is 5.56 Å². The van der Waals surface area contributed by atoms with Crippen molar-refractivity contribution < 1.29 is 27.8 Å². The highest BCUT2D eigenvalue weighted by atomic mass is 19.4. The topological polar surface area (TPSA) is 59.4 Å². The van der Waals surface area contributed by atoms with Crippen LogP contribution in [-0.4, -0.2) is 22.7 Å². The summed E-state index contributed by atoms with van der Waals surface area (Å²) in [5.74, 6) is -2.15. The molecule has 22 heavy (non-hydrogen) atoms. The van der Waals surface area contributed by atoms with E-state index in [2.05, 4.69) is 4.98 Å². The molecule has 4 nitrogen and oxygen atoms in total. The minimum absolute atomic E-state index is 0.0323.